The van der Waals surface area contributed by atoms with Crippen molar-refractivity contribution in [3.05, 3.63) is 18.5 Å². The molecule has 0 aliphatic heterocycles. The van der Waals surface area contributed by atoms with Crippen molar-refractivity contribution >= 4 is 15.7 Å². The Morgan fingerprint density at radius 2 is 1.81 bits per heavy atom. The Bertz CT molecular complexity index is 534. The fraction of sp³-hybridized carbons (Fsp3) is 0.667. The van der Waals surface area contributed by atoms with E-state index in [1.807, 2.05) is 6.92 Å². The highest BCUT2D eigenvalue weighted by Gasteiger charge is 2.23. The Balaban J connectivity index is 2.92. The third kappa shape index (κ3) is 4.97. The molecule has 1 aromatic heterocycles. The second kappa shape index (κ2) is 7.75. The van der Waals surface area contributed by atoms with Gasteiger partial charge in [-0.25, -0.2) is 13.1 Å². The van der Waals surface area contributed by atoms with E-state index in [1.165, 1.54) is 6.20 Å². The van der Waals surface area contributed by atoms with Crippen molar-refractivity contribution in [2.75, 3.05) is 18.4 Å². The highest BCUT2D eigenvalue weighted by molar-refractivity contribution is 7.89. The summed E-state index contributed by atoms with van der Waals surface area (Å²) in [5.74, 6) is 1.16. The summed E-state index contributed by atoms with van der Waals surface area (Å²) in [6.07, 6.45) is 2.97. The highest BCUT2D eigenvalue weighted by Crippen LogP contribution is 2.22. The lowest BCUT2D eigenvalue weighted by Gasteiger charge is -2.25. The molecule has 0 aliphatic rings. The average molecular weight is 313 g/mol. The molecule has 0 aromatic carbocycles. The van der Waals surface area contributed by atoms with Crippen LogP contribution in [0.25, 0.3) is 0 Å². The summed E-state index contributed by atoms with van der Waals surface area (Å²) in [7, 11) is -3.55. The molecule has 0 radical (unpaired) electrons. The summed E-state index contributed by atoms with van der Waals surface area (Å²) in [6, 6.07) is 1.68. The first-order valence-corrected chi connectivity index (χ1v) is 8.95. The fourth-order valence-electron chi connectivity index (χ4n) is 2.46. The van der Waals surface area contributed by atoms with E-state index in [1.54, 1.807) is 12.3 Å². The summed E-state index contributed by atoms with van der Waals surface area (Å²) >= 11 is 0. The van der Waals surface area contributed by atoms with Crippen molar-refractivity contribution < 1.29 is 8.42 Å². The van der Waals surface area contributed by atoms with Gasteiger partial charge in [0, 0.05) is 25.5 Å². The molecule has 1 rings (SSSR count). The maximum Gasteiger partial charge on any atom is 0.244 e. The van der Waals surface area contributed by atoms with Gasteiger partial charge in [-0.2, -0.15) is 0 Å². The van der Waals surface area contributed by atoms with Gasteiger partial charge in [-0.1, -0.05) is 27.7 Å². The van der Waals surface area contributed by atoms with Crippen LogP contribution in [0.2, 0.25) is 0 Å². The van der Waals surface area contributed by atoms with Crippen molar-refractivity contribution in [2.24, 2.45) is 17.8 Å². The molecular formula is C15H27N3O2S. The first-order chi connectivity index (χ1) is 9.79. The van der Waals surface area contributed by atoms with Gasteiger partial charge >= 0.3 is 0 Å². The zero-order valence-electron chi connectivity index (χ0n) is 13.6. The van der Waals surface area contributed by atoms with E-state index >= 15 is 0 Å². The number of hydrogen-bond acceptors (Lipinski definition) is 4. The Hall–Kier alpha value is -1.14. The molecule has 5 nitrogen and oxygen atoms in total. The quantitative estimate of drug-likeness (QED) is 0.774. The molecule has 0 bridgehead atoms. The predicted molar refractivity (Wildman–Crippen MR) is 86.8 cm³/mol. The summed E-state index contributed by atoms with van der Waals surface area (Å²) < 4.78 is 27.7. The summed E-state index contributed by atoms with van der Waals surface area (Å²) in [5, 5.41) is 3.06. The molecule has 0 spiro atoms. The molecule has 0 unspecified atom stereocenters. The fourth-order valence-corrected chi connectivity index (χ4v) is 3.65. The SMILES string of the molecule is CCNc1ccncc1S(=O)(=O)NCC(C(C)C)C(C)C. The van der Waals surface area contributed by atoms with Crippen molar-refractivity contribution in [1.29, 1.82) is 0 Å². The number of hydrogen-bond donors (Lipinski definition) is 2. The maximum absolute atomic E-state index is 12.5. The number of aromatic nitrogens is 1. The van der Waals surface area contributed by atoms with Crippen LogP contribution in [0.1, 0.15) is 34.6 Å². The predicted octanol–water partition coefficient (Wildman–Crippen LogP) is 2.72. The van der Waals surface area contributed by atoms with Crippen LogP contribution in [0.3, 0.4) is 0 Å². The number of rotatable bonds is 8. The van der Waals surface area contributed by atoms with Crippen LogP contribution in [0.15, 0.2) is 23.4 Å². The minimum Gasteiger partial charge on any atom is -0.384 e. The topological polar surface area (TPSA) is 71.1 Å². The normalized spacial score (nSPS) is 12.4. The zero-order valence-corrected chi connectivity index (χ0v) is 14.4. The van der Waals surface area contributed by atoms with Gasteiger partial charge in [0.05, 0.1) is 5.69 Å². The van der Waals surface area contributed by atoms with Gasteiger partial charge in [-0.3, -0.25) is 4.98 Å². The van der Waals surface area contributed by atoms with Crippen molar-refractivity contribution in [2.45, 2.75) is 39.5 Å². The molecular weight excluding hydrogens is 286 g/mol. The Morgan fingerprint density at radius 3 is 2.33 bits per heavy atom. The second-order valence-corrected chi connectivity index (χ2v) is 7.64. The number of sulfonamides is 1. The van der Waals surface area contributed by atoms with Crippen LogP contribution in [0, 0.1) is 17.8 Å². The molecule has 6 heteroatoms. The minimum atomic E-state index is -3.55. The number of anilines is 1. The molecule has 0 amide bonds. The van der Waals surface area contributed by atoms with Crippen LogP contribution in [0.5, 0.6) is 0 Å². The van der Waals surface area contributed by atoms with E-state index in [-0.39, 0.29) is 4.90 Å². The van der Waals surface area contributed by atoms with Crippen molar-refractivity contribution in [1.82, 2.24) is 9.71 Å². The van der Waals surface area contributed by atoms with Crippen molar-refractivity contribution in [3.8, 4) is 0 Å². The molecule has 0 aliphatic carbocycles. The maximum atomic E-state index is 12.5. The van der Waals surface area contributed by atoms with Gasteiger partial charge in [-0.05, 0) is 30.7 Å². The third-order valence-corrected chi connectivity index (χ3v) is 5.11. The second-order valence-electron chi connectivity index (χ2n) is 5.91. The first kappa shape index (κ1) is 17.9. The van der Waals surface area contributed by atoms with Gasteiger partial charge < -0.3 is 5.32 Å². The summed E-state index contributed by atoms with van der Waals surface area (Å²) in [5.41, 5.74) is 0.589. The number of nitrogens with one attached hydrogen (secondary N) is 2. The standard InChI is InChI=1S/C15H27N3O2S/c1-6-17-14-7-8-16-10-15(14)21(19,20)18-9-13(11(2)3)12(4)5/h7-8,10-13,18H,6,9H2,1-5H3,(H,16,17). The smallest absolute Gasteiger partial charge is 0.244 e. The lowest BCUT2D eigenvalue weighted by molar-refractivity contribution is 0.289. The molecule has 21 heavy (non-hydrogen) atoms. The molecule has 0 fully saturated rings. The van der Waals surface area contributed by atoms with E-state index in [0.717, 1.165) is 0 Å². The number of nitrogens with zero attached hydrogens (tertiary/aromatic N) is 1. The third-order valence-electron chi connectivity index (χ3n) is 3.66. The molecule has 1 heterocycles. The Kier molecular flexibility index (Phi) is 6.61. The van der Waals surface area contributed by atoms with Gasteiger partial charge in [0.25, 0.3) is 0 Å². The van der Waals surface area contributed by atoms with Crippen molar-refractivity contribution in [3.63, 3.8) is 0 Å². The van der Waals surface area contributed by atoms with E-state index in [9.17, 15) is 8.42 Å². The number of pyridine rings is 1. The minimum absolute atomic E-state index is 0.207. The van der Waals surface area contributed by atoms with Gasteiger partial charge in [0.15, 0.2) is 0 Å². The van der Waals surface area contributed by atoms with Gasteiger partial charge in [-0.15, -0.1) is 0 Å². The molecule has 1 aromatic rings. The summed E-state index contributed by atoms with van der Waals surface area (Å²) in [4.78, 5) is 4.14. The Labute approximate surface area is 128 Å². The van der Waals surface area contributed by atoms with Crippen LogP contribution in [-0.2, 0) is 10.0 Å². The Morgan fingerprint density at radius 1 is 1.19 bits per heavy atom. The van der Waals surface area contributed by atoms with E-state index < -0.39 is 10.0 Å². The van der Waals surface area contributed by atoms with Crippen LogP contribution >= 0.6 is 0 Å². The van der Waals surface area contributed by atoms with E-state index in [4.69, 9.17) is 0 Å². The summed E-state index contributed by atoms with van der Waals surface area (Å²) in [6.45, 7) is 11.5. The average Bonchev–Trinajstić information content (AvgIpc) is 2.38. The molecule has 120 valence electrons. The zero-order chi connectivity index (χ0) is 16.0. The lowest BCUT2D eigenvalue weighted by atomic mass is 9.86. The lowest BCUT2D eigenvalue weighted by Crippen LogP contribution is -2.34. The van der Waals surface area contributed by atoms with E-state index in [0.29, 0.717) is 36.5 Å². The largest absolute Gasteiger partial charge is 0.384 e. The van der Waals surface area contributed by atoms with Gasteiger partial charge in [0.1, 0.15) is 4.90 Å². The molecule has 0 atom stereocenters. The van der Waals surface area contributed by atoms with Crippen LogP contribution in [-0.4, -0.2) is 26.5 Å². The molecule has 0 saturated carbocycles. The van der Waals surface area contributed by atoms with Crippen LogP contribution in [0.4, 0.5) is 5.69 Å². The van der Waals surface area contributed by atoms with Crippen LogP contribution < -0.4 is 10.0 Å². The van der Waals surface area contributed by atoms with E-state index in [2.05, 4.69) is 42.7 Å². The monoisotopic (exact) mass is 313 g/mol. The molecule has 0 saturated heterocycles. The van der Waals surface area contributed by atoms with Gasteiger partial charge in [0.2, 0.25) is 10.0 Å². The highest BCUT2D eigenvalue weighted by atomic mass is 32.2. The molecule has 2 N–H and O–H groups in total. The first-order valence-electron chi connectivity index (χ1n) is 7.47.